The highest BCUT2D eigenvalue weighted by Crippen LogP contribution is 2.25. The summed E-state index contributed by atoms with van der Waals surface area (Å²) in [4.78, 5) is 36.3. The number of carbonyl (C=O) groups is 3. The van der Waals surface area contributed by atoms with E-state index < -0.39 is 0 Å². The molecular weight excluding hydrogens is 612 g/mol. The maximum Gasteiger partial charge on any atom is 0.193 e. The van der Waals surface area contributed by atoms with Crippen molar-refractivity contribution in [2.45, 2.75) is 20.8 Å². The minimum atomic E-state index is -0.0861. The zero-order valence-corrected chi connectivity index (χ0v) is 27.8. The monoisotopic (exact) mass is 648 g/mol. The molecule has 6 rings (SSSR count). The molecule has 6 aromatic rings. The lowest BCUT2D eigenvalue weighted by Crippen LogP contribution is -2.02. The lowest BCUT2D eigenvalue weighted by atomic mass is 10.0. The maximum atomic E-state index is 12.5. The quantitative estimate of drug-likeness (QED) is 0.138. The van der Waals surface area contributed by atoms with Crippen LogP contribution in [0, 0.1) is 13.8 Å². The van der Waals surface area contributed by atoms with Crippen LogP contribution in [0.5, 0.6) is 28.7 Å². The first-order chi connectivity index (χ1) is 23.7. The maximum absolute atomic E-state index is 12.5. The molecule has 244 valence electrons. The Morgan fingerprint density at radius 1 is 0.367 bits per heavy atom. The first kappa shape index (κ1) is 34.1. The molecule has 0 saturated heterocycles. The summed E-state index contributed by atoms with van der Waals surface area (Å²) < 4.78 is 16.6. The van der Waals surface area contributed by atoms with Gasteiger partial charge in [0.25, 0.3) is 0 Å². The SMILES string of the molecule is CC(=O)c1ccc(C(=O)c2ccc(Oc3ccc(C)cc3)cc2)cc1.COc1ccc(C(=O)c2ccc(Oc3ccc(C)cc3)cc2)cc1. The van der Waals surface area contributed by atoms with Crippen LogP contribution in [0.4, 0.5) is 0 Å². The largest absolute Gasteiger partial charge is 0.497 e. The molecule has 0 aliphatic rings. The van der Waals surface area contributed by atoms with E-state index in [1.54, 1.807) is 104 Å². The van der Waals surface area contributed by atoms with Crippen molar-refractivity contribution in [1.29, 1.82) is 0 Å². The van der Waals surface area contributed by atoms with E-state index in [2.05, 4.69) is 0 Å². The number of ketones is 3. The first-order valence-corrected chi connectivity index (χ1v) is 15.7. The Balaban J connectivity index is 0.000000191. The summed E-state index contributed by atoms with van der Waals surface area (Å²) in [5.74, 6) is 3.50. The Hall–Kier alpha value is -6.27. The number of benzene rings is 6. The van der Waals surface area contributed by atoms with E-state index in [9.17, 15) is 14.4 Å². The van der Waals surface area contributed by atoms with Gasteiger partial charge in [0.15, 0.2) is 17.3 Å². The van der Waals surface area contributed by atoms with Gasteiger partial charge in [-0.1, -0.05) is 59.7 Å². The van der Waals surface area contributed by atoms with Crippen LogP contribution >= 0.6 is 0 Å². The van der Waals surface area contributed by atoms with Gasteiger partial charge in [-0.25, -0.2) is 0 Å². The van der Waals surface area contributed by atoms with Gasteiger partial charge in [-0.15, -0.1) is 0 Å². The van der Waals surface area contributed by atoms with Gasteiger partial charge in [0.1, 0.15) is 28.7 Å². The molecule has 6 aromatic carbocycles. The summed E-state index contributed by atoms with van der Waals surface area (Å²) in [6.07, 6.45) is 0. The van der Waals surface area contributed by atoms with Gasteiger partial charge in [0.2, 0.25) is 0 Å². The molecule has 0 saturated carbocycles. The van der Waals surface area contributed by atoms with Crippen molar-refractivity contribution in [3.8, 4) is 28.7 Å². The smallest absolute Gasteiger partial charge is 0.193 e. The van der Waals surface area contributed by atoms with E-state index in [0.717, 1.165) is 17.2 Å². The van der Waals surface area contributed by atoms with E-state index in [4.69, 9.17) is 14.2 Å². The van der Waals surface area contributed by atoms with Crippen LogP contribution in [0.3, 0.4) is 0 Å². The third-order valence-electron chi connectivity index (χ3n) is 7.65. The van der Waals surface area contributed by atoms with E-state index in [0.29, 0.717) is 39.3 Å². The second-order valence-corrected chi connectivity index (χ2v) is 11.4. The van der Waals surface area contributed by atoms with Gasteiger partial charge in [0.05, 0.1) is 7.11 Å². The molecule has 0 N–H and O–H groups in total. The predicted molar refractivity (Wildman–Crippen MR) is 192 cm³/mol. The van der Waals surface area contributed by atoms with Crippen LogP contribution in [-0.2, 0) is 0 Å². The predicted octanol–water partition coefficient (Wildman–Crippen LogP) is 10.2. The van der Waals surface area contributed by atoms with Crippen LogP contribution in [0.15, 0.2) is 146 Å². The lowest BCUT2D eigenvalue weighted by molar-refractivity contribution is 0.101. The standard InChI is InChI=1S/C22H18O3.C21H18O3/c1-15-3-11-20(12-4-15)25-21-13-9-19(10-14-21)22(24)18-7-5-17(6-8-18)16(2)23;1-15-3-9-19(10-4-15)24-20-13-7-17(8-14-20)21(22)16-5-11-18(23-2)12-6-16/h3-14H,1-2H3;3-14H,1-2H3. The van der Waals surface area contributed by atoms with E-state index >= 15 is 0 Å². The van der Waals surface area contributed by atoms with Crippen molar-refractivity contribution in [3.05, 3.63) is 185 Å². The molecule has 0 spiro atoms. The highest BCUT2D eigenvalue weighted by atomic mass is 16.5. The van der Waals surface area contributed by atoms with Gasteiger partial charge in [0, 0.05) is 27.8 Å². The summed E-state index contributed by atoms with van der Waals surface area (Å²) in [5.41, 5.74) is 5.33. The fraction of sp³-hybridized carbons (Fsp3) is 0.0930. The Kier molecular flexibility index (Phi) is 11.1. The highest BCUT2D eigenvalue weighted by molar-refractivity contribution is 6.10. The third kappa shape index (κ3) is 9.40. The van der Waals surface area contributed by atoms with Crippen molar-refractivity contribution in [3.63, 3.8) is 0 Å². The van der Waals surface area contributed by atoms with Gasteiger partial charge in [-0.05, 0) is 118 Å². The van der Waals surface area contributed by atoms with Gasteiger partial charge < -0.3 is 14.2 Å². The number of carbonyl (C=O) groups excluding carboxylic acids is 3. The number of ether oxygens (including phenoxy) is 3. The Morgan fingerprint density at radius 3 is 0.898 bits per heavy atom. The van der Waals surface area contributed by atoms with Crippen molar-refractivity contribution in [2.24, 2.45) is 0 Å². The fourth-order valence-corrected chi connectivity index (χ4v) is 4.77. The van der Waals surface area contributed by atoms with Crippen LogP contribution in [-0.4, -0.2) is 24.5 Å². The normalized spacial score (nSPS) is 10.3. The van der Waals surface area contributed by atoms with E-state index in [1.165, 1.54) is 18.1 Å². The summed E-state index contributed by atoms with van der Waals surface area (Å²) in [5, 5.41) is 0. The minimum Gasteiger partial charge on any atom is -0.497 e. The second kappa shape index (κ2) is 16.0. The summed E-state index contributed by atoms with van der Waals surface area (Å²) in [6, 6.07) is 43.6. The molecule has 49 heavy (non-hydrogen) atoms. The highest BCUT2D eigenvalue weighted by Gasteiger charge is 2.11. The average molecular weight is 649 g/mol. The minimum absolute atomic E-state index is 0.0170. The van der Waals surface area contributed by atoms with Gasteiger partial charge in [-0.3, -0.25) is 14.4 Å². The summed E-state index contributed by atoms with van der Waals surface area (Å²) >= 11 is 0. The summed E-state index contributed by atoms with van der Waals surface area (Å²) in [7, 11) is 1.60. The Morgan fingerprint density at radius 2 is 0.612 bits per heavy atom. The molecular formula is C43H36O6. The van der Waals surface area contributed by atoms with Gasteiger partial charge in [-0.2, -0.15) is 0 Å². The van der Waals surface area contributed by atoms with Crippen LogP contribution in [0.25, 0.3) is 0 Å². The fourth-order valence-electron chi connectivity index (χ4n) is 4.77. The lowest BCUT2D eigenvalue weighted by Gasteiger charge is -2.07. The number of methoxy groups -OCH3 is 1. The topological polar surface area (TPSA) is 78.9 Å². The molecule has 0 unspecified atom stereocenters. The van der Waals surface area contributed by atoms with E-state index in [-0.39, 0.29) is 17.3 Å². The van der Waals surface area contributed by atoms with Crippen molar-refractivity contribution >= 4 is 17.3 Å². The molecule has 6 heteroatoms. The van der Waals surface area contributed by atoms with Crippen LogP contribution < -0.4 is 14.2 Å². The number of rotatable bonds is 10. The first-order valence-electron chi connectivity index (χ1n) is 15.7. The zero-order valence-electron chi connectivity index (χ0n) is 27.8. The molecule has 0 fully saturated rings. The molecule has 0 aliphatic heterocycles. The zero-order chi connectivity index (χ0) is 34.8. The van der Waals surface area contributed by atoms with Crippen LogP contribution in [0.2, 0.25) is 0 Å². The number of Topliss-reactive ketones (excluding diaryl/α,β-unsaturated/α-hetero) is 1. The molecule has 0 aliphatic carbocycles. The molecule has 0 radical (unpaired) electrons. The average Bonchev–Trinajstić information content (AvgIpc) is 3.14. The van der Waals surface area contributed by atoms with Gasteiger partial charge >= 0.3 is 0 Å². The number of hydrogen-bond donors (Lipinski definition) is 0. The third-order valence-corrected chi connectivity index (χ3v) is 7.65. The molecule has 0 bridgehead atoms. The second-order valence-electron chi connectivity index (χ2n) is 11.4. The Labute approximate surface area is 286 Å². The summed E-state index contributed by atoms with van der Waals surface area (Å²) in [6.45, 7) is 5.56. The molecule has 0 aromatic heterocycles. The molecule has 6 nitrogen and oxygen atoms in total. The van der Waals surface area contributed by atoms with Crippen LogP contribution in [0.1, 0.15) is 60.3 Å². The van der Waals surface area contributed by atoms with Crippen molar-refractivity contribution in [1.82, 2.24) is 0 Å². The number of aryl methyl sites for hydroxylation is 2. The van der Waals surface area contributed by atoms with Crippen molar-refractivity contribution in [2.75, 3.05) is 7.11 Å². The molecule has 0 heterocycles. The number of hydrogen-bond acceptors (Lipinski definition) is 6. The van der Waals surface area contributed by atoms with E-state index in [1.807, 2.05) is 62.4 Å². The van der Waals surface area contributed by atoms with Crippen molar-refractivity contribution < 1.29 is 28.6 Å². The Bertz CT molecular complexity index is 2010. The molecule has 0 atom stereocenters. The molecule has 0 amide bonds.